The van der Waals surface area contributed by atoms with Crippen molar-refractivity contribution in [2.75, 3.05) is 6.54 Å². The summed E-state index contributed by atoms with van der Waals surface area (Å²) in [5.41, 5.74) is 1.08. The molecule has 8 nitrogen and oxygen atoms in total. The number of carboxylic acid groups (broad SMARTS) is 1. The van der Waals surface area contributed by atoms with Crippen LogP contribution < -0.4 is 0 Å². The largest absolute Gasteiger partial charge is 0.480 e. The van der Waals surface area contributed by atoms with Crippen LogP contribution in [0.15, 0.2) is 30.6 Å². The van der Waals surface area contributed by atoms with Crippen molar-refractivity contribution in [1.82, 2.24) is 25.1 Å². The average Bonchev–Trinajstić information content (AvgIpc) is 3.17. The predicted octanol–water partition coefficient (Wildman–Crippen LogP) is 0.351. The molecule has 1 aliphatic rings. The first-order chi connectivity index (χ1) is 10.1. The quantitative estimate of drug-likeness (QED) is 0.851. The van der Waals surface area contributed by atoms with E-state index >= 15 is 0 Å². The van der Waals surface area contributed by atoms with Gasteiger partial charge in [0, 0.05) is 11.6 Å². The third-order valence-corrected chi connectivity index (χ3v) is 3.26. The van der Waals surface area contributed by atoms with Crippen molar-refractivity contribution in [3.8, 4) is 5.69 Å². The molecule has 1 heterocycles. The molecule has 0 spiro atoms. The smallest absolute Gasteiger partial charge is 0.323 e. The molecule has 0 radical (unpaired) electrons. The van der Waals surface area contributed by atoms with E-state index in [-0.39, 0.29) is 18.5 Å². The fourth-order valence-electron chi connectivity index (χ4n) is 2.13. The molecule has 1 N–H and O–H groups in total. The van der Waals surface area contributed by atoms with Crippen LogP contribution in [0.3, 0.4) is 0 Å². The van der Waals surface area contributed by atoms with Crippen molar-refractivity contribution in [2.24, 2.45) is 0 Å². The molecule has 2 aromatic rings. The van der Waals surface area contributed by atoms with Crippen LogP contribution in [-0.4, -0.2) is 54.7 Å². The lowest BCUT2D eigenvalue weighted by molar-refractivity contribution is -0.137. The van der Waals surface area contributed by atoms with Crippen LogP contribution >= 0.6 is 0 Å². The topological polar surface area (TPSA) is 101 Å². The van der Waals surface area contributed by atoms with Gasteiger partial charge in [0.25, 0.3) is 5.91 Å². The number of aromatic nitrogens is 4. The lowest BCUT2D eigenvalue weighted by atomic mass is 10.1. The van der Waals surface area contributed by atoms with E-state index < -0.39 is 5.97 Å². The van der Waals surface area contributed by atoms with Gasteiger partial charge in [-0.2, -0.15) is 0 Å². The Kier molecular flexibility index (Phi) is 3.35. The molecular weight excluding hydrogens is 274 g/mol. The van der Waals surface area contributed by atoms with Crippen LogP contribution in [0.25, 0.3) is 5.69 Å². The molecule has 8 heteroatoms. The predicted molar refractivity (Wildman–Crippen MR) is 70.8 cm³/mol. The summed E-state index contributed by atoms with van der Waals surface area (Å²) in [7, 11) is 0. The maximum Gasteiger partial charge on any atom is 0.323 e. The summed E-state index contributed by atoms with van der Waals surface area (Å²) in [6.07, 6.45) is 3.14. The lowest BCUT2D eigenvalue weighted by Gasteiger charge is -2.20. The van der Waals surface area contributed by atoms with Crippen LogP contribution in [0.2, 0.25) is 0 Å². The van der Waals surface area contributed by atoms with E-state index in [1.807, 2.05) is 0 Å². The molecule has 0 unspecified atom stereocenters. The van der Waals surface area contributed by atoms with E-state index in [9.17, 15) is 9.59 Å². The van der Waals surface area contributed by atoms with Gasteiger partial charge in [-0.3, -0.25) is 9.59 Å². The van der Waals surface area contributed by atoms with Gasteiger partial charge in [-0.1, -0.05) is 6.07 Å². The first kappa shape index (κ1) is 13.2. The van der Waals surface area contributed by atoms with E-state index in [1.54, 1.807) is 24.3 Å². The van der Waals surface area contributed by atoms with Crippen molar-refractivity contribution >= 4 is 11.9 Å². The number of hydrogen-bond donors (Lipinski definition) is 1. The molecule has 0 saturated heterocycles. The van der Waals surface area contributed by atoms with Gasteiger partial charge in [0.1, 0.15) is 12.9 Å². The Labute approximate surface area is 120 Å². The van der Waals surface area contributed by atoms with E-state index in [1.165, 1.54) is 15.9 Å². The van der Waals surface area contributed by atoms with E-state index in [0.717, 1.165) is 12.8 Å². The minimum absolute atomic E-state index is 0.0327. The van der Waals surface area contributed by atoms with E-state index in [4.69, 9.17) is 5.11 Å². The molecular formula is C13H13N5O3. The zero-order valence-electron chi connectivity index (χ0n) is 11.1. The lowest BCUT2D eigenvalue weighted by Crippen LogP contribution is -2.37. The Morgan fingerprint density at radius 3 is 2.81 bits per heavy atom. The number of carbonyl (C=O) groups is 2. The molecule has 108 valence electrons. The SMILES string of the molecule is O=C(O)CN(C(=O)c1cccc(-n2cnnn2)c1)C1CC1. The Morgan fingerprint density at radius 1 is 1.38 bits per heavy atom. The number of amides is 1. The van der Waals surface area contributed by atoms with Crippen LogP contribution in [0.5, 0.6) is 0 Å². The van der Waals surface area contributed by atoms with Crippen molar-refractivity contribution in [3.05, 3.63) is 36.2 Å². The van der Waals surface area contributed by atoms with Crippen molar-refractivity contribution in [3.63, 3.8) is 0 Å². The molecule has 1 saturated carbocycles. The standard InChI is InChI=1S/C13H13N5O3/c19-12(20)7-17(10-4-5-10)13(21)9-2-1-3-11(6-9)18-8-14-15-16-18/h1-3,6,8,10H,4-5,7H2,(H,19,20). The van der Waals surface area contributed by atoms with E-state index in [0.29, 0.717) is 11.3 Å². The van der Waals surface area contributed by atoms with Gasteiger partial charge in [-0.25, -0.2) is 4.68 Å². The second-order valence-electron chi connectivity index (χ2n) is 4.86. The average molecular weight is 287 g/mol. The summed E-state index contributed by atoms with van der Waals surface area (Å²) in [6, 6.07) is 6.83. The highest BCUT2D eigenvalue weighted by Gasteiger charge is 2.34. The van der Waals surface area contributed by atoms with E-state index in [2.05, 4.69) is 15.5 Å². The van der Waals surface area contributed by atoms with Crippen LogP contribution in [0.1, 0.15) is 23.2 Å². The summed E-state index contributed by atoms with van der Waals surface area (Å²) >= 11 is 0. The molecule has 1 fully saturated rings. The molecule has 21 heavy (non-hydrogen) atoms. The number of rotatable bonds is 5. The first-order valence-corrected chi connectivity index (χ1v) is 6.51. The molecule has 3 rings (SSSR count). The van der Waals surface area contributed by atoms with Gasteiger partial charge in [-0.05, 0) is 41.5 Å². The highest BCUT2D eigenvalue weighted by Crippen LogP contribution is 2.28. The maximum atomic E-state index is 12.5. The summed E-state index contributed by atoms with van der Waals surface area (Å²) in [5.74, 6) is -1.29. The van der Waals surface area contributed by atoms with Gasteiger partial charge in [0.15, 0.2) is 0 Å². The molecule has 1 aromatic carbocycles. The summed E-state index contributed by atoms with van der Waals surface area (Å²) in [6.45, 7) is -0.279. The molecule has 1 aliphatic carbocycles. The Morgan fingerprint density at radius 2 is 2.19 bits per heavy atom. The van der Waals surface area contributed by atoms with Crippen molar-refractivity contribution in [2.45, 2.75) is 18.9 Å². The fraction of sp³-hybridized carbons (Fsp3) is 0.308. The normalized spacial score (nSPS) is 13.9. The number of hydrogen-bond acceptors (Lipinski definition) is 5. The van der Waals surface area contributed by atoms with Crippen molar-refractivity contribution < 1.29 is 14.7 Å². The highest BCUT2D eigenvalue weighted by atomic mass is 16.4. The Balaban J connectivity index is 1.86. The number of aliphatic carboxylic acids is 1. The number of carboxylic acids is 1. The summed E-state index contributed by atoms with van der Waals surface area (Å²) in [4.78, 5) is 24.8. The summed E-state index contributed by atoms with van der Waals surface area (Å²) < 4.78 is 1.44. The van der Waals surface area contributed by atoms with Crippen molar-refractivity contribution in [1.29, 1.82) is 0 Å². The van der Waals surface area contributed by atoms with Crippen LogP contribution in [0, 0.1) is 0 Å². The Bertz CT molecular complexity index is 666. The second kappa shape index (κ2) is 5.31. The Hall–Kier alpha value is -2.77. The maximum absolute atomic E-state index is 12.5. The molecule has 0 aliphatic heterocycles. The number of carbonyl (C=O) groups excluding carboxylic acids is 1. The monoisotopic (exact) mass is 287 g/mol. The van der Waals surface area contributed by atoms with Gasteiger partial charge in [0.2, 0.25) is 0 Å². The minimum atomic E-state index is -1.01. The molecule has 1 aromatic heterocycles. The van der Waals surface area contributed by atoms with Crippen LogP contribution in [0.4, 0.5) is 0 Å². The van der Waals surface area contributed by atoms with Gasteiger partial charge < -0.3 is 10.0 Å². The number of nitrogens with zero attached hydrogens (tertiary/aromatic N) is 5. The fourth-order valence-corrected chi connectivity index (χ4v) is 2.13. The van der Waals surface area contributed by atoms with Gasteiger partial charge in [0.05, 0.1) is 5.69 Å². The zero-order valence-corrected chi connectivity index (χ0v) is 11.1. The number of benzene rings is 1. The summed E-state index contributed by atoms with van der Waals surface area (Å²) in [5, 5.41) is 19.8. The molecule has 1 amide bonds. The molecule has 0 bridgehead atoms. The second-order valence-corrected chi connectivity index (χ2v) is 4.86. The van der Waals surface area contributed by atoms with Gasteiger partial charge in [-0.15, -0.1) is 5.10 Å². The van der Waals surface area contributed by atoms with Gasteiger partial charge >= 0.3 is 5.97 Å². The van der Waals surface area contributed by atoms with Crippen LogP contribution in [-0.2, 0) is 4.79 Å². The zero-order chi connectivity index (χ0) is 14.8. The first-order valence-electron chi connectivity index (χ1n) is 6.51. The third kappa shape index (κ3) is 2.88. The molecule has 0 atom stereocenters. The highest BCUT2D eigenvalue weighted by molar-refractivity contribution is 5.96. The minimum Gasteiger partial charge on any atom is -0.480 e. The third-order valence-electron chi connectivity index (χ3n) is 3.26. The number of tetrazole rings is 1.